The molecule has 0 unspecified atom stereocenters. The number of halogens is 2. The number of ether oxygens (including phenoxy) is 4. The summed E-state index contributed by atoms with van der Waals surface area (Å²) in [5.41, 5.74) is 0.337. The molecule has 0 saturated heterocycles. The lowest BCUT2D eigenvalue weighted by Crippen LogP contribution is -2.13. The summed E-state index contributed by atoms with van der Waals surface area (Å²) >= 11 is 0. The molecule has 0 fully saturated rings. The number of amides is 1. The van der Waals surface area contributed by atoms with E-state index in [4.69, 9.17) is 14.2 Å². The maximum absolute atomic E-state index is 12.5. The molecule has 0 heterocycles. The van der Waals surface area contributed by atoms with Gasteiger partial charge in [-0.3, -0.25) is 4.79 Å². The van der Waals surface area contributed by atoms with Crippen LogP contribution in [0.25, 0.3) is 0 Å². The predicted octanol–water partition coefficient (Wildman–Crippen LogP) is 4.49. The molecule has 0 saturated carbocycles. The first-order valence-corrected chi connectivity index (χ1v) is 8.80. The zero-order valence-corrected chi connectivity index (χ0v) is 15.7. The molecule has 6 nitrogen and oxygen atoms in total. The van der Waals surface area contributed by atoms with Crippen LogP contribution in [0.3, 0.4) is 0 Å². The molecule has 152 valence electrons. The van der Waals surface area contributed by atoms with Gasteiger partial charge in [-0.2, -0.15) is 8.78 Å². The fraction of sp³-hybridized carbons (Fsp3) is 0.350. The Bertz CT molecular complexity index is 770. The monoisotopic (exact) mass is 395 g/mol. The zero-order valence-electron chi connectivity index (χ0n) is 15.7. The van der Waals surface area contributed by atoms with Crippen LogP contribution in [-0.2, 0) is 4.79 Å². The minimum atomic E-state index is -2.99. The molecule has 0 spiro atoms. The van der Waals surface area contributed by atoms with Crippen molar-refractivity contribution < 1.29 is 32.5 Å². The number of anilines is 1. The molecule has 2 aromatic carbocycles. The van der Waals surface area contributed by atoms with Crippen LogP contribution in [0, 0.1) is 0 Å². The van der Waals surface area contributed by atoms with E-state index >= 15 is 0 Å². The normalized spacial score (nSPS) is 10.5. The van der Waals surface area contributed by atoms with Crippen molar-refractivity contribution in [3.05, 3.63) is 42.5 Å². The van der Waals surface area contributed by atoms with Gasteiger partial charge in [0.25, 0.3) is 0 Å². The molecular formula is C20H23F2NO5. The number of methoxy groups -OCH3 is 1. The van der Waals surface area contributed by atoms with Crippen molar-refractivity contribution in [1.29, 1.82) is 0 Å². The van der Waals surface area contributed by atoms with Gasteiger partial charge in [-0.05, 0) is 37.6 Å². The van der Waals surface area contributed by atoms with E-state index in [0.29, 0.717) is 36.8 Å². The van der Waals surface area contributed by atoms with Crippen LogP contribution in [0.5, 0.6) is 23.0 Å². The number of carbonyl (C=O) groups excluding carboxylic acids is 1. The molecule has 0 atom stereocenters. The summed E-state index contributed by atoms with van der Waals surface area (Å²) in [4.78, 5) is 12.1. The van der Waals surface area contributed by atoms with Crippen LogP contribution < -0.4 is 24.3 Å². The number of hydrogen-bond acceptors (Lipinski definition) is 5. The van der Waals surface area contributed by atoms with Gasteiger partial charge in [0, 0.05) is 18.2 Å². The summed E-state index contributed by atoms with van der Waals surface area (Å²) in [5.74, 6) is 1.01. The van der Waals surface area contributed by atoms with Crippen molar-refractivity contribution >= 4 is 11.6 Å². The third-order valence-corrected chi connectivity index (χ3v) is 3.62. The minimum Gasteiger partial charge on any atom is -0.493 e. The van der Waals surface area contributed by atoms with Crippen LogP contribution >= 0.6 is 0 Å². The van der Waals surface area contributed by atoms with E-state index in [1.165, 1.54) is 19.2 Å². The number of carbonyl (C=O) groups is 1. The largest absolute Gasteiger partial charge is 0.493 e. The van der Waals surface area contributed by atoms with Gasteiger partial charge in [-0.1, -0.05) is 12.1 Å². The quantitative estimate of drug-likeness (QED) is 0.568. The summed E-state index contributed by atoms with van der Waals surface area (Å²) < 4.78 is 45.4. The van der Waals surface area contributed by atoms with Gasteiger partial charge in [-0.25, -0.2) is 0 Å². The SMILES string of the molecule is CCOc1ccccc1OCCCC(=O)Nc1ccc(OC)c(OC(F)F)c1. The Balaban J connectivity index is 1.83. The molecule has 0 aliphatic carbocycles. The molecule has 2 rings (SSSR count). The number of nitrogens with one attached hydrogen (secondary N) is 1. The lowest BCUT2D eigenvalue weighted by atomic mass is 10.2. The molecule has 0 bridgehead atoms. The van der Waals surface area contributed by atoms with E-state index in [0.717, 1.165) is 0 Å². The maximum atomic E-state index is 12.5. The summed E-state index contributed by atoms with van der Waals surface area (Å²) in [6.45, 7) is -0.239. The second kappa shape index (κ2) is 11.0. The molecule has 0 aliphatic rings. The number of para-hydroxylation sites is 2. The zero-order chi connectivity index (χ0) is 20.4. The van der Waals surface area contributed by atoms with E-state index < -0.39 is 6.61 Å². The highest BCUT2D eigenvalue weighted by Crippen LogP contribution is 2.31. The fourth-order valence-electron chi connectivity index (χ4n) is 2.43. The molecular weight excluding hydrogens is 372 g/mol. The van der Waals surface area contributed by atoms with Crippen molar-refractivity contribution in [3.63, 3.8) is 0 Å². The maximum Gasteiger partial charge on any atom is 0.387 e. The minimum absolute atomic E-state index is 0.147. The van der Waals surface area contributed by atoms with E-state index in [1.54, 1.807) is 12.1 Å². The highest BCUT2D eigenvalue weighted by atomic mass is 19.3. The standard InChI is InChI=1S/C20H23F2NO5/c1-3-26-16-7-4-5-8-17(16)27-12-6-9-19(24)23-14-10-11-15(25-2)18(13-14)28-20(21)22/h4-5,7-8,10-11,13,20H,3,6,9,12H2,1-2H3,(H,23,24). The van der Waals surface area contributed by atoms with Crippen molar-refractivity contribution in [1.82, 2.24) is 0 Å². The number of hydrogen-bond donors (Lipinski definition) is 1. The second-order valence-electron chi connectivity index (χ2n) is 5.62. The van der Waals surface area contributed by atoms with Gasteiger partial charge in [0.2, 0.25) is 5.91 Å². The Morgan fingerprint density at radius 3 is 2.39 bits per heavy atom. The molecule has 0 radical (unpaired) electrons. The van der Waals surface area contributed by atoms with Gasteiger partial charge < -0.3 is 24.3 Å². The molecule has 28 heavy (non-hydrogen) atoms. The van der Waals surface area contributed by atoms with Gasteiger partial charge in [0.1, 0.15) is 0 Å². The summed E-state index contributed by atoms with van der Waals surface area (Å²) in [7, 11) is 1.34. The van der Waals surface area contributed by atoms with Gasteiger partial charge in [-0.15, -0.1) is 0 Å². The lowest BCUT2D eigenvalue weighted by molar-refractivity contribution is -0.116. The smallest absolute Gasteiger partial charge is 0.387 e. The molecule has 0 aliphatic heterocycles. The number of alkyl halides is 2. The summed E-state index contributed by atoms with van der Waals surface area (Å²) in [6, 6.07) is 11.6. The van der Waals surface area contributed by atoms with Crippen LogP contribution in [0.15, 0.2) is 42.5 Å². The average Bonchev–Trinajstić information content (AvgIpc) is 2.66. The number of benzene rings is 2. The topological polar surface area (TPSA) is 66.0 Å². The Hall–Kier alpha value is -3.03. The fourth-order valence-corrected chi connectivity index (χ4v) is 2.43. The van der Waals surface area contributed by atoms with Crippen LogP contribution in [-0.4, -0.2) is 32.8 Å². The van der Waals surface area contributed by atoms with Crippen LogP contribution in [0.4, 0.5) is 14.5 Å². The van der Waals surface area contributed by atoms with Gasteiger partial charge in [0.05, 0.1) is 20.3 Å². The average molecular weight is 395 g/mol. The Labute approximate surface area is 162 Å². The highest BCUT2D eigenvalue weighted by Gasteiger charge is 2.12. The Morgan fingerprint density at radius 2 is 1.75 bits per heavy atom. The highest BCUT2D eigenvalue weighted by molar-refractivity contribution is 5.91. The first-order valence-electron chi connectivity index (χ1n) is 8.80. The molecule has 2 aromatic rings. The van der Waals surface area contributed by atoms with Crippen molar-refractivity contribution in [2.24, 2.45) is 0 Å². The van der Waals surface area contributed by atoms with Crippen molar-refractivity contribution in [2.75, 3.05) is 25.6 Å². The van der Waals surface area contributed by atoms with E-state index in [2.05, 4.69) is 10.1 Å². The first kappa shape index (κ1) is 21.3. The van der Waals surface area contributed by atoms with Crippen LogP contribution in [0.1, 0.15) is 19.8 Å². The lowest BCUT2D eigenvalue weighted by Gasteiger charge is -2.13. The van der Waals surface area contributed by atoms with Gasteiger partial charge >= 0.3 is 6.61 Å². The van der Waals surface area contributed by atoms with Gasteiger partial charge in [0.15, 0.2) is 23.0 Å². The second-order valence-corrected chi connectivity index (χ2v) is 5.62. The van der Waals surface area contributed by atoms with E-state index in [1.807, 2.05) is 25.1 Å². The Morgan fingerprint density at radius 1 is 1.04 bits per heavy atom. The van der Waals surface area contributed by atoms with Crippen LogP contribution in [0.2, 0.25) is 0 Å². The first-order chi connectivity index (χ1) is 13.5. The van der Waals surface area contributed by atoms with E-state index in [9.17, 15) is 13.6 Å². The van der Waals surface area contributed by atoms with Crippen molar-refractivity contribution in [3.8, 4) is 23.0 Å². The Kier molecular flexibility index (Phi) is 8.33. The molecule has 0 aromatic heterocycles. The molecule has 8 heteroatoms. The van der Waals surface area contributed by atoms with E-state index in [-0.39, 0.29) is 23.8 Å². The third-order valence-electron chi connectivity index (χ3n) is 3.62. The summed E-state index contributed by atoms with van der Waals surface area (Å²) in [6.07, 6.45) is 0.677. The summed E-state index contributed by atoms with van der Waals surface area (Å²) in [5, 5.41) is 2.64. The predicted molar refractivity (Wildman–Crippen MR) is 101 cm³/mol. The molecule has 1 N–H and O–H groups in total. The third kappa shape index (κ3) is 6.61. The molecule has 1 amide bonds. The number of rotatable bonds is 11. The van der Waals surface area contributed by atoms with Crippen molar-refractivity contribution in [2.45, 2.75) is 26.4 Å².